The Labute approximate surface area is 121 Å². The molecule has 1 heterocycles. The van der Waals surface area contributed by atoms with E-state index in [1.54, 1.807) is 0 Å². The molecule has 1 amide bonds. The largest absolute Gasteiger partial charge is 0.352 e. The summed E-state index contributed by atoms with van der Waals surface area (Å²) in [5.74, 6) is 0.605. The van der Waals surface area contributed by atoms with Gasteiger partial charge in [0.15, 0.2) is 0 Å². The number of hydrogen-bond donors (Lipinski definition) is 2. The average Bonchev–Trinajstić information content (AvgIpc) is 2.45. The Kier molecular flexibility index (Phi) is 5.56. The molecular formula is C16H25N3O. The summed E-state index contributed by atoms with van der Waals surface area (Å²) < 4.78 is 0. The minimum Gasteiger partial charge on any atom is -0.352 e. The number of hydrogen-bond acceptors (Lipinski definition) is 3. The summed E-state index contributed by atoms with van der Waals surface area (Å²) in [7, 11) is 4.06. The van der Waals surface area contributed by atoms with Gasteiger partial charge in [-0.3, -0.25) is 4.79 Å². The van der Waals surface area contributed by atoms with Crippen molar-refractivity contribution in [3.63, 3.8) is 0 Å². The molecule has 0 bridgehead atoms. The van der Waals surface area contributed by atoms with Crippen molar-refractivity contribution in [1.29, 1.82) is 0 Å². The van der Waals surface area contributed by atoms with Crippen molar-refractivity contribution in [3.05, 3.63) is 35.4 Å². The molecule has 0 radical (unpaired) electrons. The van der Waals surface area contributed by atoms with Crippen LogP contribution in [0.3, 0.4) is 0 Å². The molecule has 1 aromatic rings. The summed E-state index contributed by atoms with van der Waals surface area (Å²) in [6.07, 6.45) is 2.41. The van der Waals surface area contributed by atoms with Crippen LogP contribution in [0.15, 0.2) is 24.3 Å². The zero-order valence-electron chi connectivity index (χ0n) is 12.5. The normalized spacial score (nSPS) is 19.1. The fraction of sp³-hybridized carbons (Fsp3) is 0.562. The number of nitrogens with zero attached hydrogens (tertiary/aromatic N) is 1. The molecule has 1 aliphatic heterocycles. The Bertz CT molecular complexity index is 439. The van der Waals surface area contributed by atoms with Crippen molar-refractivity contribution in [2.24, 2.45) is 5.92 Å². The first-order chi connectivity index (χ1) is 9.65. The van der Waals surface area contributed by atoms with E-state index in [1.165, 1.54) is 18.4 Å². The molecule has 1 atom stereocenters. The number of nitrogens with one attached hydrogen (secondary N) is 2. The fourth-order valence-corrected chi connectivity index (χ4v) is 2.61. The van der Waals surface area contributed by atoms with Gasteiger partial charge >= 0.3 is 0 Å². The summed E-state index contributed by atoms with van der Waals surface area (Å²) in [5.41, 5.74) is 1.93. The van der Waals surface area contributed by atoms with Gasteiger partial charge in [-0.1, -0.05) is 12.1 Å². The first-order valence-corrected chi connectivity index (χ1v) is 7.38. The number of piperidine rings is 1. The summed E-state index contributed by atoms with van der Waals surface area (Å²) in [5, 5.41) is 6.43. The number of carbonyl (C=O) groups is 1. The van der Waals surface area contributed by atoms with Crippen molar-refractivity contribution in [3.8, 4) is 0 Å². The van der Waals surface area contributed by atoms with Gasteiger partial charge in [0.1, 0.15) is 0 Å². The van der Waals surface area contributed by atoms with Crippen LogP contribution in [0.1, 0.15) is 28.8 Å². The molecule has 1 unspecified atom stereocenters. The van der Waals surface area contributed by atoms with E-state index in [9.17, 15) is 4.79 Å². The van der Waals surface area contributed by atoms with Gasteiger partial charge in [-0.15, -0.1) is 0 Å². The van der Waals surface area contributed by atoms with Crippen LogP contribution in [-0.2, 0) is 6.54 Å². The van der Waals surface area contributed by atoms with Crippen LogP contribution in [0.4, 0.5) is 0 Å². The minimum atomic E-state index is 0.0381. The molecule has 1 fully saturated rings. The van der Waals surface area contributed by atoms with Crippen LogP contribution >= 0.6 is 0 Å². The molecule has 0 aromatic heterocycles. The van der Waals surface area contributed by atoms with Crippen molar-refractivity contribution in [2.45, 2.75) is 19.4 Å². The predicted molar refractivity (Wildman–Crippen MR) is 81.8 cm³/mol. The highest BCUT2D eigenvalue weighted by atomic mass is 16.1. The van der Waals surface area contributed by atoms with Gasteiger partial charge < -0.3 is 15.5 Å². The number of benzene rings is 1. The van der Waals surface area contributed by atoms with Crippen molar-refractivity contribution < 1.29 is 4.79 Å². The van der Waals surface area contributed by atoms with Gasteiger partial charge in [0.25, 0.3) is 5.91 Å². The van der Waals surface area contributed by atoms with Gasteiger partial charge in [-0.2, -0.15) is 0 Å². The molecule has 1 aliphatic rings. The molecule has 1 aromatic carbocycles. The molecular weight excluding hydrogens is 250 g/mol. The maximum absolute atomic E-state index is 12.2. The lowest BCUT2D eigenvalue weighted by molar-refractivity contribution is 0.0944. The maximum atomic E-state index is 12.2. The summed E-state index contributed by atoms with van der Waals surface area (Å²) in [6, 6.07) is 7.87. The molecule has 0 saturated carbocycles. The first kappa shape index (κ1) is 15.0. The molecule has 2 rings (SSSR count). The molecule has 1 saturated heterocycles. The van der Waals surface area contributed by atoms with Crippen molar-refractivity contribution in [1.82, 2.24) is 15.5 Å². The van der Waals surface area contributed by atoms with Crippen LogP contribution in [0.5, 0.6) is 0 Å². The highest BCUT2D eigenvalue weighted by molar-refractivity contribution is 5.94. The fourth-order valence-electron chi connectivity index (χ4n) is 2.61. The average molecular weight is 275 g/mol. The molecule has 4 nitrogen and oxygen atoms in total. The third-order valence-corrected chi connectivity index (χ3v) is 3.64. The topological polar surface area (TPSA) is 44.4 Å². The molecule has 0 spiro atoms. The minimum absolute atomic E-state index is 0.0381. The van der Waals surface area contributed by atoms with Crippen LogP contribution in [0, 0.1) is 5.92 Å². The Balaban J connectivity index is 1.88. The van der Waals surface area contributed by atoms with Crippen molar-refractivity contribution >= 4 is 5.91 Å². The van der Waals surface area contributed by atoms with E-state index in [-0.39, 0.29) is 5.91 Å². The van der Waals surface area contributed by atoms with Crippen LogP contribution in [-0.4, -0.2) is 44.5 Å². The summed E-state index contributed by atoms with van der Waals surface area (Å²) >= 11 is 0. The molecule has 2 N–H and O–H groups in total. The van der Waals surface area contributed by atoms with E-state index in [4.69, 9.17) is 0 Å². The standard InChI is InChI=1S/C16H25N3O/c1-19(2)12-13-5-3-7-15(9-13)16(20)18-11-14-6-4-8-17-10-14/h3,5,7,9,14,17H,4,6,8,10-12H2,1-2H3,(H,18,20). The Morgan fingerprint density at radius 2 is 2.30 bits per heavy atom. The highest BCUT2D eigenvalue weighted by Crippen LogP contribution is 2.10. The van der Waals surface area contributed by atoms with Gasteiger partial charge in [0.05, 0.1) is 0 Å². The molecule has 20 heavy (non-hydrogen) atoms. The van der Waals surface area contributed by atoms with Crippen LogP contribution in [0.2, 0.25) is 0 Å². The summed E-state index contributed by atoms with van der Waals surface area (Å²) in [4.78, 5) is 14.3. The quantitative estimate of drug-likeness (QED) is 0.855. The highest BCUT2D eigenvalue weighted by Gasteiger charge is 2.14. The van der Waals surface area contributed by atoms with Crippen LogP contribution < -0.4 is 10.6 Å². The lowest BCUT2D eigenvalue weighted by atomic mass is 9.99. The number of rotatable bonds is 5. The van der Waals surface area contributed by atoms with Gasteiger partial charge in [0.2, 0.25) is 0 Å². The Morgan fingerprint density at radius 1 is 1.45 bits per heavy atom. The second-order valence-corrected chi connectivity index (χ2v) is 5.86. The third-order valence-electron chi connectivity index (χ3n) is 3.64. The van der Waals surface area contributed by atoms with E-state index < -0.39 is 0 Å². The maximum Gasteiger partial charge on any atom is 0.251 e. The Hall–Kier alpha value is -1.39. The lowest BCUT2D eigenvalue weighted by Crippen LogP contribution is -2.38. The van der Waals surface area contributed by atoms with E-state index in [2.05, 4.69) is 21.6 Å². The monoisotopic (exact) mass is 275 g/mol. The molecule has 0 aliphatic carbocycles. The number of carbonyl (C=O) groups excluding carboxylic acids is 1. The Morgan fingerprint density at radius 3 is 3.00 bits per heavy atom. The smallest absolute Gasteiger partial charge is 0.251 e. The lowest BCUT2D eigenvalue weighted by Gasteiger charge is -2.22. The van der Waals surface area contributed by atoms with Gasteiger partial charge in [-0.25, -0.2) is 0 Å². The first-order valence-electron chi connectivity index (χ1n) is 7.38. The third kappa shape index (κ3) is 4.62. The van der Waals surface area contributed by atoms with Gasteiger partial charge in [-0.05, 0) is 63.6 Å². The van der Waals surface area contributed by atoms with Gasteiger partial charge in [0, 0.05) is 18.7 Å². The zero-order valence-corrected chi connectivity index (χ0v) is 12.5. The molecule has 110 valence electrons. The SMILES string of the molecule is CN(C)Cc1cccc(C(=O)NCC2CCCNC2)c1. The van der Waals surface area contributed by atoms with E-state index in [0.29, 0.717) is 5.92 Å². The second kappa shape index (κ2) is 7.41. The predicted octanol–water partition coefficient (Wildman–Crippen LogP) is 1.48. The van der Waals surface area contributed by atoms with E-state index >= 15 is 0 Å². The van der Waals surface area contributed by atoms with Crippen LogP contribution in [0.25, 0.3) is 0 Å². The van der Waals surface area contributed by atoms with E-state index in [1.807, 2.05) is 32.3 Å². The second-order valence-electron chi connectivity index (χ2n) is 5.86. The van der Waals surface area contributed by atoms with E-state index in [0.717, 1.165) is 31.7 Å². The molecule has 4 heteroatoms. The van der Waals surface area contributed by atoms with Crippen molar-refractivity contribution in [2.75, 3.05) is 33.7 Å². The summed E-state index contributed by atoms with van der Waals surface area (Å²) in [6.45, 7) is 3.75. The number of amides is 1. The zero-order chi connectivity index (χ0) is 14.4.